The van der Waals surface area contributed by atoms with Crippen molar-refractivity contribution < 1.29 is 14.6 Å². The van der Waals surface area contributed by atoms with Gasteiger partial charge in [-0.15, -0.1) is 11.3 Å². The van der Waals surface area contributed by atoms with Crippen LogP contribution in [0.15, 0.2) is 52.6 Å². The molecule has 1 amide bonds. The van der Waals surface area contributed by atoms with Crippen molar-refractivity contribution in [2.24, 2.45) is 0 Å². The number of hydrogen-bond donors (Lipinski definition) is 2. The van der Waals surface area contributed by atoms with Crippen molar-refractivity contribution in [2.75, 3.05) is 13.7 Å². The number of amides is 1. The van der Waals surface area contributed by atoms with E-state index >= 15 is 0 Å². The summed E-state index contributed by atoms with van der Waals surface area (Å²) >= 11 is 1.42. The van der Waals surface area contributed by atoms with Gasteiger partial charge in [-0.1, -0.05) is 24.3 Å². The Bertz CT molecular complexity index is 1350. The number of methoxy groups -OCH3 is 1. The van der Waals surface area contributed by atoms with Crippen LogP contribution in [-0.4, -0.2) is 40.3 Å². The van der Waals surface area contributed by atoms with Crippen molar-refractivity contribution in [3.05, 3.63) is 63.8 Å². The molecule has 4 aromatic rings. The van der Waals surface area contributed by atoms with E-state index in [4.69, 9.17) is 4.74 Å². The number of aromatic amines is 1. The topological polar surface area (TPSA) is 82.6 Å². The summed E-state index contributed by atoms with van der Waals surface area (Å²) in [5.41, 5.74) is 3.18. The summed E-state index contributed by atoms with van der Waals surface area (Å²) in [6.45, 7) is 6.11. The van der Waals surface area contributed by atoms with Crippen molar-refractivity contribution in [2.45, 2.75) is 32.7 Å². The average Bonchev–Trinajstić information content (AvgIpc) is 3.23. The van der Waals surface area contributed by atoms with Crippen LogP contribution in [0, 0.1) is 0 Å². The van der Waals surface area contributed by atoms with Gasteiger partial charge in [0.1, 0.15) is 10.4 Å². The van der Waals surface area contributed by atoms with Gasteiger partial charge in [0, 0.05) is 33.9 Å². The molecule has 6 nitrogen and oxygen atoms in total. The van der Waals surface area contributed by atoms with Crippen molar-refractivity contribution >= 4 is 38.4 Å². The molecule has 2 aromatic heterocycles. The molecule has 7 heteroatoms. The Labute approximate surface area is 190 Å². The third-order valence-corrected chi connectivity index (χ3v) is 6.60. The number of aromatic nitrogens is 1. The first-order chi connectivity index (χ1) is 15.2. The zero-order valence-corrected chi connectivity index (χ0v) is 19.4. The van der Waals surface area contributed by atoms with Crippen LogP contribution >= 0.6 is 11.3 Å². The van der Waals surface area contributed by atoms with Crippen LogP contribution in [-0.2, 0) is 6.42 Å². The molecule has 0 atom stereocenters. The molecular weight excluding hydrogens is 424 g/mol. The maximum absolute atomic E-state index is 12.4. The average molecular weight is 451 g/mol. The van der Waals surface area contributed by atoms with Crippen LogP contribution in [0.25, 0.3) is 32.1 Å². The van der Waals surface area contributed by atoms with E-state index < -0.39 is 11.6 Å². The number of thiophene rings is 1. The second-order valence-corrected chi connectivity index (χ2v) is 9.65. The Morgan fingerprint density at radius 1 is 1.12 bits per heavy atom. The molecule has 0 fully saturated rings. The van der Waals surface area contributed by atoms with E-state index in [0.717, 1.165) is 38.7 Å². The molecule has 0 aliphatic carbocycles. The van der Waals surface area contributed by atoms with E-state index in [1.165, 1.54) is 16.2 Å². The predicted molar refractivity (Wildman–Crippen MR) is 130 cm³/mol. The van der Waals surface area contributed by atoms with Gasteiger partial charge in [-0.25, -0.2) is 4.79 Å². The molecule has 0 aliphatic heterocycles. The Morgan fingerprint density at radius 3 is 2.47 bits per heavy atom. The molecule has 4 rings (SSSR count). The van der Waals surface area contributed by atoms with Gasteiger partial charge >= 0.3 is 6.09 Å². The first-order valence-corrected chi connectivity index (χ1v) is 11.3. The molecular formula is C25H26N2O4S. The van der Waals surface area contributed by atoms with Crippen molar-refractivity contribution in [3.63, 3.8) is 0 Å². The van der Waals surface area contributed by atoms with Crippen LogP contribution in [0.2, 0.25) is 0 Å². The molecule has 166 valence electrons. The Kier molecular flexibility index (Phi) is 5.69. The monoisotopic (exact) mass is 450 g/mol. The number of fused-ring (bicyclic) bond motifs is 3. The molecule has 0 unspecified atom stereocenters. The molecule has 0 spiro atoms. The molecule has 2 heterocycles. The smallest absolute Gasteiger partial charge is 0.407 e. The normalized spacial score (nSPS) is 11.8. The van der Waals surface area contributed by atoms with E-state index in [-0.39, 0.29) is 5.56 Å². The largest absolute Gasteiger partial charge is 0.496 e. The fourth-order valence-corrected chi connectivity index (χ4v) is 4.88. The highest BCUT2D eigenvalue weighted by Gasteiger charge is 2.25. The highest BCUT2D eigenvalue weighted by Crippen LogP contribution is 2.40. The second kappa shape index (κ2) is 8.31. The van der Waals surface area contributed by atoms with E-state index in [9.17, 15) is 14.7 Å². The van der Waals surface area contributed by atoms with Crippen LogP contribution in [0.1, 0.15) is 26.3 Å². The summed E-state index contributed by atoms with van der Waals surface area (Å²) in [5.74, 6) is 0.731. The lowest BCUT2D eigenvalue weighted by atomic mass is 9.96. The number of pyridine rings is 1. The summed E-state index contributed by atoms with van der Waals surface area (Å²) in [4.78, 5) is 28.5. The predicted octanol–water partition coefficient (Wildman–Crippen LogP) is 5.74. The molecule has 0 saturated heterocycles. The number of rotatable bonds is 5. The van der Waals surface area contributed by atoms with Crippen LogP contribution in [0.4, 0.5) is 4.79 Å². The number of ether oxygens (including phenoxy) is 1. The number of benzene rings is 2. The van der Waals surface area contributed by atoms with Gasteiger partial charge in [0.05, 0.1) is 7.11 Å². The van der Waals surface area contributed by atoms with E-state index in [1.807, 2.05) is 68.6 Å². The molecule has 0 radical (unpaired) electrons. The maximum Gasteiger partial charge on any atom is 0.407 e. The van der Waals surface area contributed by atoms with E-state index in [2.05, 4.69) is 4.98 Å². The van der Waals surface area contributed by atoms with Gasteiger partial charge in [0.15, 0.2) is 0 Å². The SMILES string of the molecule is COc1ccc2[nH]c(=O)c3sccc3c2c1-c1ccc(CCN(C(=O)O)C(C)(C)C)cc1. The minimum Gasteiger partial charge on any atom is -0.496 e. The Hall–Kier alpha value is -3.32. The molecule has 0 saturated carbocycles. The van der Waals surface area contributed by atoms with Crippen LogP contribution < -0.4 is 10.3 Å². The minimum absolute atomic E-state index is 0.0872. The third-order valence-electron chi connectivity index (χ3n) is 5.68. The number of carboxylic acid groups (broad SMARTS) is 1. The number of nitrogens with zero attached hydrogens (tertiary/aromatic N) is 1. The Balaban J connectivity index is 1.74. The van der Waals surface area contributed by atoms with Crippen molar-refractivity contribution in [3.8, 4) is 16.9 Å². The van der Waals surface area contributed by atoms with Gasteiger partial charge < -0.3 is 19.7 Å². The standard InChI is InChI=1S/C25H26N2O4S/c1-25(2,3)27(24(29)30)13-11-15-5-7-16(8-6-15)20-19(31-4)10-9-18-21(20)17-12-14-32-22(17)23(28)26-18/h5-10,12,14H,11,13H2,1-4H3,(H,26,28)(H,29,30). The van der Waals surface area contributed by atoms with Gasteiger partial charge in [-0.2, -0.15) is 0 Å². The maximum atomic E-state index is 12.4. The van der Waals surface area contributed by atoms with Crippen molar-refractivity contribution in [1.29, 1.82) is 0 Å². The van der Waals surface area contributed by atoms with E-state index in [1.54, 1.807) is 7.11 Å². The number of H-pyrrole nitrogens is 1. The lowest BCUT2D eigenvalue weighted by Gasteiger charge is -2.33. The fourth-order valence-electron chi connectivity index (χ4n) is 4.08. The number of carbonyl (C=O) groups is 1. The summed E-state index contributed by atoms with van der Waals surface area (Å²) in [6.07, 6.45) is -0.290. The zero-order chi connectivity index (χ0) is 23.0. The number of hydrogen-bond acceptors (Lipinski definition) is 4. The fraction of sp³-hybridized carbons (Fsp3) is 0.280. The highest BCUT2D eigenvalue weighted by molar-refractivity contribution is 7.17. The van der Waals surface area contributed by atoms with Crippen molar-refractivity contribution in [1.82, 2.24) is 9.88 Å². The van der Waals surface area contributed by atoms with Crippen LogP contribution in [0.3, 0.4) is 0 Å². The third kappa shape index (κ3) is 3.96. The van der Waals surface area contributed by atoms with Crippen LogP contribution in [0.5, 0.6) is 5.75 Å². The Morgan fingerprint density at radius 2 is 1.84 bits per heavy atom. The summed E-state index contributed by atoms with van der Waals surface area (Å²) < 4.78 is 6.37. The molecule has 32 heavy (non-hydrogen) atoms. The summed E-state index contributed by atoms with van der Waals surface area (Å²) in [7, 11) is 1.64. The molecule has 2 aromatic carbocycles. The zero-order valence-electron chi connectivity index (χ0n) is 18.6. The second-order valence-electron chi connectivity index (χ2n) is 8.73. The minimum atomic E-state index is -0.914. The van der Waals surface area contributed by atoms with Gasteiger partial charge in [0.2, 0.25) is 0 Å². The van der Waals surface area contributed by atoms with Gasteiger partial charge in [-0.05, 0) is 61.9 Å². The van der Waals surface area contributed by atoms with Gasteiger partial charge in [-0.3, -0.25) is 4.79 Å². The first-order valence-electron chi connectivity index (χ1n) is 10.4. The molecule has 0 aliphatic rings. The van der Waals surface area contributed by atoms with Gasteiger partial charge in [0.25, 0.3) is 5.56 Å². The van der Waals surface area contributed by atoms with E-state index in [0.29, 0.717) is 17.7 Å². The summed E-state index contributed by atoms with van der Waals surface area (Å²) in [6, 6.07) is 13.8. The highest BCUT2D eigenvalue weighted by atomic mass is 32.1. The molecule has 2 N–H and O–H groups in total. The quantitative estimate of drug-likeness (QED) is 0.406. The summed E-state index contributed by atoms with van der Waals surface area (Å²) in [5, 5.41) is 13.3. The lowest BCUT2D eigenvalue weighted by molar-refractivity contribution is 0.101. The molecule has 0 bridgehead atoms. The number of nitrogens with one attached hydrogen (secondary N) is 1. The lowest BCUT2D eigenvalue weighted by Crippen LogP contribution is -2.45. The first kappa shape index (κ1) is 21.9.